The van der Waals surface area contributed by atoms with Gasteiger partial charge in [-0.1, -0.05) is 6.58 Å². The Kier molecular flexibility index (Phi) is 4.05. The number of nitrogens with zero attached hydrogens (tertiary/aromatic N) is 2. The predicted octanol–water partition coefficient (Wildman–Crippen LogP) is 4.08. The van der Waals surface area contributed by atoms with Crippen LogP contribution in [0.1, 0.15) is 34.5 Å². The van der Waals surface area contributed by atoms with Gasteiger partial charge in [-0.15, -0.1) is 0 Å². The van der Waals surface area contributed by atoms with E-state index in [1.165, 1.54) is 19.2 Å². The number of fused-ring (bicyclic) bond motifs is 2. The van der Waals surface area contributed by atoms with E-state index in [0.29, 0.717) is 49.9 Å². The zero-order valence-electron chi connectivity index (χ0n) is 12.4. The Morgan fingerprint density at radius 3 is 2.78 bits per heavy atom. The number of ketones is 1. The molecule has 0 amide bonds. The number of aryl methyl sites for hydroxylation is 1. The van der Waals surface area contributed by atoms with Crippen molar-refractivity contribution in [1.29, 1.82) is 0 Å². The molecular formula is C16H13IN2O4. The fourth-order valence-electron chi connectivity index (χ4n) is 2.93. The zero-order valence-corrected chi connectivity index (χ0v) is 14.5. The van der Waals surface area contributed by atoms with Crippen molar-refractivity contribution in [2.45, 2.75) is 19.3 Å². The zero-order chi connectivity index (χ0) is 16.7. The molecule has 23 heavy (non-hydrogen) atoms. The molecule has 0 bridgehead atoms. The minimum absolute atomic E-state index is 0.0129. The van der Waals surface area contributed by atoms with Crippen LogP contribution < -0.4 is 4.74 Å². The van der Waals surface area contributed by atoms with E-state index in [2.05, 4.69) is 11.6 Å². The second-order valence-electron chi connectivity index (χ2n) is 5.29. The molecule has 0 spiro atoms. The summed E-state index contributed by atoms with van der Waals surface area (Å²) in [5.74, 6) is 0.341. The van der Waals surface area contributed by atoms with Crippen LogP contribution in [0.15, 0.2) is 18.7 Å². The highest BCUT2D eigenvalue weighted by Crippen LogP contribution is 2.40. The van der Waals surface area contributed by atoms with Gasteiger partial charge in [-0.3, -0.25) is 14.9 Å². The van der Waals surface area contributed by atoms with Gasteiger partial charge in [0.05, 0.1) is 23.8 Å². The van der Waals surface area contributed by atoms with Gasteiger partial charge in [0.1, 0.15) is 5.52 Å². The number of benzene rings is 1. The number of aromatic nitrogens is 1. The second kappa shape index (κ2) is 5.88. The van der Waals surface area contributed by atoms with Crippen molar-refractivity contribution in [3.8, 4) is 5.75 Å². The number of Topliss-reactive ketones (excluding diaryl/α,β-unsaturated/α-hetero) is 1. The van der Waals surface area contributed by atoms with Gasteiger partial charge in [0.2, 0.25) is 0 Å². The van der Waals surface area contributed by atoms with Gasteiger partial charge >= 0.3 is 0 Å². The predicted molar refractivity (Wildman–Crippen MR) is 95.3 cm³/mol. The molecule has 0 radical (unpaired) electrons. The average Bonchev–Trinajstić information content (AvgIpc) is 2.51. The molecule has 0 N–H and O–H groups in total. The smallest absolute Gasteiger partial charge is 0.273 e. The van der Waals surface area contributed by atoms with Crippen LogP contribution in [0.4, 0.5) is 5.69 Å². The van der Waals surface area contributed by atoms with E-state index in [1.807, 2.05) is 22.6 Å². The van der Waals surface area contributed by atoms with E-state index in [0.717, 1.165) is 6.42 Å². The molecule has 0 aliphatic heterocycles. The maximum atomic E-state index is 12.4. The third-order valence-electron chi connectivity index (χ3n) is 3.91. The SMILES string of the molecule is C=C(I)c1c2c(nc3c(OC)cc([N+](=O)[O-])cc13)CCCC2=O. The van der Waals surface area contributed by atoms with Crippen LogP contribution in [-0.4, -0.2) is 22.8 Å². The van der Waals surface area contributed by atoms with Crippen molar-refractivity contribution in [3.05, 3.63) is 45.6 Å². The van der Waals surface area contributed by atoms with E-state index in [-0.39, 0.29) is 11.5 Å². The van der Waals surface area contributed by atoms with Crippen molar-refractivity contribution in [1.82, 2.24) is 4.98 Å². The van der Waals surface area contributed by atoms with Crippen LogP contribution in [0.2, 0.25) is 0 Å². The number of methoxy groups -OCH3 is 1. The normalized spacial score (nSPS) is 13.7. The fourth-order valence-corrected chi connectivity index (χ4v) is 3.49. The Hall–Kier alpha value is -2.03. The number of nitro benzene ring substituents is 1. The molecule has 1 aromatic heterocycles. The summed E-state index contributed by atoms with van der Waals surface area (Å²) < 4.78 is 5.94. The molecule has 118 valence electrons. The maximum Gasteiger partial charge on any atom is 0.273 e. The molecule has 1 aromatic carbocycles. The summed E-state index contributed by atoms with van der Waals surface area (Å²) in [5, 5.41) is 11.7. The molecule has 3 rings (SSSR count). The first-order valence-corrected chi connectivity index (χ1v) is 8.09. The topological polar surface area (TPSA) is 82.3 Å². The lowest BCUT2D eigenvalue weighted by atomic mass is 9.88. The monoisotopic (exact) mass is 424 g/mol. The number of rotatable bonds is 3. The lowest BCUT2D eigenvalue weighted by Gasteiger charge is -2.20. The molecule has 1 heterocycles. The van der Waals surface area contributed by atoms with Gasteiger partial charge in [-0.25, -0.2) is 4.98 Å². The maximum absolute atomic E-state index is 12.4. The Morgan fingerprint density at radius 2 is 2.17 bits per heavy atom. The van der Waals surface area contributed by atoms with Gasteiger partial charge < -0.3 is 4.74 Å². The third kappa shape index (κ3) is 2.58. The molecule has 0 atom stereocenters. The molecule has 1 aliphatic rings. The quantitative estimate of drug-likeness (QED) is 0.422. The molecule has 0 unspecified atom stereocenters. The molecule has 0 saturated heterocycles. The summed E-state index contributed by atoms with van der Waals surface area (Å²) in [6.07, 6.45) is 1.92. The van der Waals surface area contributed by atoms with Crippen LogP contribution in [0, 0.1) is 10.1 Å². The van der Waals surface area contributed by atoms with Gasteiger partial charge in [-0.2, -0.15) is 0 Å². The first kappa shape index (κ1) is 15.9. The van der Waals surface area contributed by atoms with Crippen molar-refractivity contribution in [2.24, 2.45) is 0 Å². The van der Waals surface area contributed by atoms with Crippen molar-refractivity contribution < 1.29 is 14.5 Å². The molecule has 0 saturated carbocycles. The Bertz CT molecular complexity index is 876. The minimum atomic E-state index is -0.483. The summed E-state index contributed by atoms with van der Waals surface area (Å²) in [4.78, 5) is 27.6. The highest BCUT2D eigenvalue weighted by Gasteiger charge is 2.27. The first-order chi connectivity index (χ1) is 10.9. The molecule has 1 aliphatic carbocycles. The highest BCUT2D eigenvalue weighted by molar-refractivity contribution is 14.1. The van der Waals surface area contributed by atoms with Crippen LogP contribution in [0.25, 0.3) is 14.5 Å². The first-order valence-electron chi connectivity index (χ1n) is 7.01. The third-order valence-corrected chi connectivity index (χ3v) is 4.45. The molecule has 7 heteroatoms. The largest absolute Gasteiger partial charge is 0.494 e. The lowest BCUT2D eigenvalue weighted by Crippen LogP contribution is -2.15. The van der Waals surface area contributed by atoms with Crippen molar-refractivity contribution >= 4 is 48.5 Å². The van der Waals surface area contributed by atoms with Gasteiger partial charge in [0.25, 0.3) is 5.69 Å². The van der Waals surface area contributed by atoms with Gasteiger partial charge in [-0.05, 0) is 35.4 Å². The minimum Gasteiger partial charge on any atom is -0.494 e. The number of nitro groups is 1. The van der Waals surface area contributed by atoms with Crippen LogP contribution in [0.5, 0.6) is 5.75 Å². The number of pyridine rings is 1. The average molecular weight is 424 g/mol. The summed E-state index contributed by atoms with van der Waals surface area (Å²) in [7, 11) is 1.45. The van der Waals surface area contributed by atoms with E-state index >= 15 is 0 Å². The number of halogens is 1. The standard InChI is InChI=1S/C16H13IN2O4/c1-8(17)14-10-6-9(19(21)22)7-13(23-2)16(10)18-11-4-3-5-12(20)15(11)14/h6-7H,1,3-5H2,2H3. The summed E-state index contributed by atoms with van der Waals surface area (Å²) in [6.45, 7) is 3.94. The number of hydrogen-bond acceptors (Lipinski definition) is 5. The van der Waals surface area contributed by atoms with Crippen LogP contribution in [-0.2, 0) is 6.42 Å². The number of carbonyl (C=O) groups is 1. The van der Waals surface area contributed by atoms with E-state index in [1.54, 1.807) is 0 Å². The van der Waals surface area contributed by atoms with Crippen molar-refractivity contribution in [3.63, 3.8) is 0 Å². The fraction of sp³-hybridized carbons (Fsp3) is 0.250. The molecule has 0 fully saturated rings. The van der Waals surface area contributed by atoms with E-state index < -0.39 is 4.92 Å². The Morgan fingerprint density at radius 1 is 1.43 bits per heavy atom. The number of ether oxygens (including phenoxy) is 1. The van der Waals surface area contributed by atoms with Crippen LogP contribution >= 0.6 is 22.6 Å². The van der Waals surface area contributed by atoms with Gasteiger partial charge in [0, 0.05) is 32.6 Å². The Balaban J connectivity index is 2.50. The van der Waals surface area contributed by atoms with Crippen LogP contribution in [0.3, 0.4) is 0 Å². The number of non-ortho nitro benzene ring substituents is 1. The lowest BCUT2D eigenvalue weighted by molar-refractivity contribution is -0.384. The summed E-state index contributed by atoms with van der Waals surface area (Å²) in [5.41, 5.74) is 2.33. The number of hydrogen-bond donors (Lipinski definition) is 0. The molecule has 2 aromatic rings. The second-order valence-corrected chi connectivity index (χ2v) is 6.59. The van der Waals surface area contributed by atoms with E-state index in [9.17, 15) is 14.9 Å². The van der Waals surface area contributed by atoms with E-state index in [4.69, 9.17) is 4.74 Å². The van der Waals surface area contributed by atoms with Crippen molar-refractivity contribution in [2.75, 3.05) is 7.11 Å². The van der Waals surface area contributed by atoms with Gasteiger partial charge in [0.15, 0.2) is 11.5 Å². The molecule has 6 nitrogen and oxygen atoms in total. The highest BCUT2D eigenvalue weighted by atomic mass is 127. The number of carbonyl (C=O) groups excluding carboxylic acids is 1. The summed E-state index contributed by atoms with van der Waals surface area (Å²) in [6, 6.07) is 2.79. The molecular weight excluding hydrogens is 411 g/mol. The summed E-state index contributed by atoms with van der Waals surface area (Å²) >= 11 is 2.04. The Labute approximate surface area is 145 Å².